The smallest absolute Gasteiger partial charge is 0.306 e. The number of aryl methyl sites for hydroxylation is 1. The van der Waals surface area contributed by atoms with E-state index in [1.165, 1.54) is 0 Å². The van der Waals surface area contributed by atoms with Crippen LogP contribution < -0.4 is 16.0 Å². The Labute approximate surface area is 122 Å². The first-order valence-corrected chi connectivity index (χ1v) is 7.67. The molecule has 0 aromatic carbocycles. The number of rotatable bonds is 6. The number of anilines is 1. The number of hydrazine groups is 1. The molecule has 0 spiro atoms. The first kappa shape index (κ1) is 15.3. The molecule has 0 aliphatic carbocycles. The quantitative estimate of drug-likeness (QED) is 0.377. The maximum atomic E-state index is 12.0. The van der Waals surface area contributed by atoms with Crippen LogP contribution in [-0.2, 0) is 16.6 Å². The summed E-state index contributed by atoms with van der Waals surface area (Å²) in [5.41, 5.74) is 1.67. The molecular weight excluding hydrogens is 324 g/mol. The zero-order valence-corrected chi connectivity index (χ0v) is 12.2. The molecule has 11 nitrogen and oxygen atoms in total. The van der Waals surface area contributed by atoms with Gasteiger partial charge < -0.3 is 9.95 Å². The minimum Gasteiger partial charge on any atom is -0.338 e. The highest BCUT2D eigenvalue weighted by molar-refractivity contribution is 7.91. The van der Waals surface area contributed by atoms with Crippen LogP contribution >= 0.6 is 11.3 Å². The third kappa shape index (κ3) is 3.33. The summed E-state index contributed by atoms with van der Waals surface area (Å²) in [6.45, 7) is 1.36. The van der Waals surface area contributed by atoms with Crippen molar-refractivity contribution in [2.24, 2.45) is 5.84 Å². The van der Waals surface area contributed by atoms with E-state index in [4.69, 9.17) is 10.4 Å². The fraction of sp³-hybridized carbons (Fsp3) is 0.250. The summed E-state index contributed by atoms with van der Waals surface area (Å²) in [7, 11) is -3.95. The summed E-state index contributed by atoms with van der Waals surface area (Å²) in [6, 6.07) is 0.918. The largest absolute Gasteiger partial charge is 0.338 e. The Morgan fingerprint density at radius 2 is 2.29 bits per heavy atom. The van der Waals surface area contributed by atoms with Crippen molar-refractivity contribution in [1.29, 1.82) is 0 Å². The van der Waals surface area contributed by atoms with Crippen LogP contribution in [0.5, 0.6) is 0 Å². The number of hydrogen-bond donors (Lipinski definition) is 3. The van der Waals surface area contributed by atoms with Gasteiger partial charge in [-0.25, -0.2) is 19.0 Å². The van der Waals surface area contributed by atoms with Crippen molar-refractivity contribution in [3.8, 4) is 0 Å². The van der Waals surface area contributed by atoms with E-state index in [0.29, 0.717) is 17.2 Å². The van der Waals surface area contributed by atoms with Crippen molar-refractivity contribution >= 4 is 32.0 Å². The van der Waals surface area contributed by atoms with Gasteiger partial charge in [0.2, 0.25) is 5.89 Å². The lowest BCUT2D eigenvalue weighted by Crippen LogP contribution is -2.22. The molecule has 2 rings (SSSR count). The molecule has 0 saturated carbocycles. The van der Waals surface area contributed by atoms with Crippen molar-refractivity contribution < 1.29 is 17.9 Å². The van der Waals surface area contributed by atoms with Crippen LogP contribution in [0.4, 0.5) is 10.7 Å². The molecule has 2 aromatic rings. The first-order chi connectivity index (χ1) is 9.83. The second kappa shape index (κ2) is 5.72. The molecule has 2 heterocycles. The Hall–Kier alpha value is -2.09. The van der Waals surface area contributed by atoms with Gasteiger partial charge in [-0.15, -0.1) is 0 Å². The van der Waals surface area contributed by atoms with E-state index < -0.39 is 20.6 Å². The molecule has 2 aromatic heterocycles. The topological polar surface area (TPSA) is 166 Å². The van der Waals surface area contributed by atoms with Gasteiger partial charge in [0, 0.05) is 6.07 Å². The number of nitrogens with two attached hydrogens (primary N) is 1. The molecule has 0 fully saturated rings. The standard InChI is InChI=1S/C8H10N6O5S2/c1-4-11-6(19-13-4)3-10-21(17,18)7-2-5(14(15)16)8(12-9)20-7/h2,10,12H,3,9H2,1H3. The van der Waals surface area contributed by atoms with Crippen molar-refractivity contribution in [2.45, 2.75) is 17.7 Å². The van der Waals surface area contributed by atoms with E-state index in [9.17, 15) is 18.5 Å². The number of hydrogen-bond acceptors (Lipinski definition) is 10. The van der Waals surface area contributed by atoms with Gasteiger partial charge >= 0.3 is 5.69 Å². The molecule has 114 valence electrons. The van der Waals surface area contributed by atoms with Crippen LogP contribution in [0.1, 0.15) is 11.7 Å². The Morgan fingerprint density at radius 3 is 2.76 bits per heavy atom. The molecule has 13 heteroatoms. The second-order valence-electron chi connectivity index (χ2n) is 3.74. The summed E-state index contributed by atoms with van der Waals surface area (Å²) < 4.78 is 30.8. The number of thiophene rings is 1. The molecule has 0 bridgehead atoms. The van der Waals surface area contributed by atoms with Crippen LogP contribution in [0.2, 0.25) is 0 Å². The number of nitro groups is 1. The van der Waals surface area contributed by atoms with Crippen LogP contribution in [0.25, 0.3) is 0 Å². The average molecular weight is 334 g/mol. The molecule has 0 radical (unpaired) electrons. The third-order valence-corrected chi connectivity index (χ3v) is 5.20. The molecule has 0 unspecified atom stereocenters. The predicted octanol–water partition coefficient (Wildman–Crippen LogP) is 0.112. The van der Waals surface area contributed by atoms with E-state index in [1.807, 2.05) is 0 Å². The van der Waals surface area contributed by atoms with Gasteiger partial charge in [-0.05, 0) is 6.92 Å². The third-order valence-electron chi connectivity index (χ3n) is 2.27. The van der Waals surface area contributed by atoms with Crippen LogP contribution in [0.15, 0.2) is 14.8 Å². The van der Waals surface area contributed by atoms with Crippen LogP contribution in [0.3, 0.4) is 0 Å². The van der Waals surface area contributed by atoms with Gasteiger partial charge in [-0.2, -0.15) is 4.98 Å². The van der Waals surface area contributed by atoms with Gasteiger partial charge in [0.1, 0.15) is 4.21 Å². The van der Waals surface area contributed by atoms with E-state index in [2.05, 4.69) is 20.3 Å². The number of nitrogens with zero attached hydrogens (tertiary/aromatic N) is 3. The number of nitrogens with one attached hydrogen (secondary N) is 2. The van der Waals surface area contributed by atoms with Gasteiger partial charge in [-0.1, -0.05) is 16.5 Å². The van der Waals surface area contributed by atoms with Gasteiger partial charge in [-0.3, -0.25) is 10.1 Å². The normalized spacial score (nSPS) is 11.5. The summed E-state index contributed by atoms with van der Waals surface area (Å²) in [5, 5.41) is 14.2. The molecule has 0 aliphatic rings. The molecule has 0 amide bonds. The van der Waals surface area contributed by atoms with E-state index in [1.54, 1.807) is 6.92 Å². The molecule has 0 aliphatic heterocycles. The van der Waals surface area contributed by atoms with Crippen molar-refractivity contribution in [3.63, 3.8) is 0 Å². The monoisotopic (exact) mass is 334 g/mol. The summed E-state index contributed by atoms with van der Waals surface area (Å²) in [5.74, 6) is 5.57. The Kier molecular flexibility index (Phi) is 4.17. The zero-order valence-electron chi connectivity index (χ0n) is 10.6. The highest BCUT2D eigenvalue weighted by Gasteiger charge is 2.26. The fourth-order valence-electron chi connectivity index (χ4n) is 1.37. The number of nitrogen functional groups attached to an aromatic ring is 1. The van der Waals surface area contributed by atoms with Gasteiger partial charge in [0.25, 0.3) is 10.0 Å². The molecule has 0 saturated heterocycles. The SMILES string of the molecule is Cc1noc(CNS(=O)(=O)c2cc([N+](=O)[O-])c(NN)s2)n1. The van der Waals surface area contributed by atoms with E-state index in [0.717, 1.165) is 6.07 Å². The maximum Gasteiger partial charge on any atom is 0.306 e. The van der Waals surface area contributed by atoms with Crippen LogP contribution in [-0.4, -0.2) is 23.5 Å². The Bertz CT molecular complexity index is 766. The van der Waals surface area contributed by atoms with E-state index >= 15 is 0 Å². The van der Waals surface area contributed by atoms with Crippen molar-refractivity contribution in [1.82, 2.24) is 14.9 Å². The molecule has 0 atom stereocenters. The first-order valence-electron chi connectivity index (χ1n) is 5.37. The fourth-order valence-corrected chi connectivity index (χ4v) is 3.63. The lowest BCUT2D eigenvalue weighted by molar-refractivity contribution is -0.383. The summed E-state index contributed by atoms with van der Waals surface area (Å²) in [4.78, 5) is 13.9. The van der Waals surface area contributed by atoms with Crippen LogP contribution in [0, 0.1) is 17.0 Å². The molecule has 21 heavy (non-hydrogen) atoms. The Morgan fingerprint density at radius 1 is 1.57 bits per heavy atom. The second-order valence-corrected chi connectivity index (χ2v) is 6.79. The van der Waals surface area contributed by atoms with Gasteiger partial charge in [0.05, 0.1) is 11.5 Å². The molecular formula is C8H10N6O5S2. The van der Waals surface area contributed by atoms with Gasteiger partial charge in [0.15, 0.2) is 10.8 Å². The maximum absolute atomic E-state index is 12.0. The summed E-state index contributed by atoms with van der Waals surface area (Å²) in [6.07, 6.45) is 0. The minimum atomic E-state index is -3.95. The minimum absolute atomic E-state index is 0.0611. The van der Waals surface area contributed by atoms with E-state index in [-0.39, 0.29) is 21.6 Å². The molecule has 4 N–H and O–H groups in total. The lowest BCUT2D eigenvalue weighted by atomic mass is 10.5. The average Bonchev–Trinajstić information content (AvgIpc) is 3.02. The Balaban J connectivity index is 2.21. The highest BCUT2D eigenvalue weighted by atomic mass is 32.2. The number of aromatic nitrogens is 2. The van der Waals surface area contributed by atoms with Crippen molar-refractivity contribution in [3.05, 3.63) is 27.9 Å². The highest BCUT2D eigenvalue weighted by Crippen LogP contribution is 2.36. The zero-order chi connectivity index (χ0) is 15.6. The summed E-state index contributed by atoms with van der Waals surface area (Å²) >= 11 is 0.640. The van der Waals surface area contributed by atoms with Crippen molar-refractivity contribution in [2.75, 3.05) is 5.43 Å². The lowest BCUT2D eigenvalue weighted by Gasteiger charge is -2.00. The number of sulfonamides is 1. The predicted molar refractivity (Wildman–Crippen MR) is 71.8 cm³/mol.